The van der Waals surface area contributed by atoms with Gasteiger partial charge in [0.2, 0.25) is 0 Å². The van der Waals surface area contributed by atoms with Crippen LogP contribution in [0.3, 0.4) is 0 Å². The molecule has 0 bridgehead atoms. The van der Waals surface area contributed by atoms with Gasteiger partial charge in [0.15, 0.2) is 0 Å². The zero-order valence-corrected chi connectivity index (χ0v) is 10.2. The van der Waals surface area contributed by atoms with Crippen LogP contribution in [0.2, 0.25) is 0 Å². The van der Waals surface area contributed by atoms with E-state index in [1.54, 1.807) is 12.1 Å². The zero-order chi connectivity index (χ0) is 11.5. The van der Waals surface area contributed by atoms with Gasteiger partial charge in [-0.2, -0.15) is 0 Å². The lowest BCUT2D eigenvalue weighted by molar-refractivity contribution is 0.168. The van der Waals surface area contributed by atoms with Gasteiger partial charge in [-0.25, -0.2) is 4.39 Å². The zero-order valence-electron chi connectivity index (χ0n) is 10.2. The monoisotopic (exact) mass is 221 g/mol. The fourth-order valence-corrected chi connectivity index (χ4v) is 2.66. The number of halogens is 1. The van der Waals surface area contributed by atoms with Gasteiger partial charge < -0.3 is 0 Å². The average molecular weight is 221 g/mol. The second kappa shape index (κ2) is 4.96. The van der Waals surface area contributed by atoms with Gasteiger partial charge in [0.05, 0.1) is 0 Å². The van der Waals surface area contributed by atoms with Crippen LogP contribution in [0, 0.1) is 5.82 Å². The first kappa shape index (κ1) is 11.6. The third-order valence-electron chi connectivity index (χ3n) is 3.67. The smallest absolute Gasteiger partial charge is 0.123 e. The predicted octanol–water partition coefficient (Wildman–Crippen LogP) is 3.37. The molecule has 1 heterocycles. The van der Waals surface area contributed by atoms with Crippen LogP contribution in [0.15, 0.2) is 18.2 Å². The summed E-state index contributed by atoms with van der Waals surface area (Å²) in [6.45, 7) is 6.49. The molecule has 2 heteroatoms. The highest BCUT2D eigenvalue weighted by atomic mass is 19.1. The molecular weight excluding hydrogens is 201 g/mol. The van der Waals surface area contributed by atoms with Gasteiger partial charge in [-0.05, 0) is 42.5 Å². The molecule has 0 aliphatic carbocycles. The molecule has 0 amide bonds. The minimum Gasteiger partial charge on any atom is -0.296 e. The maximum absolute atomic E-state index is 13.2. The van der Waals surface area contributed by atoms with Crippen molar-refractivity contribution in [3.63, 3.8) is 0 Å². The van der Waals surface area contributed by atoms with Crippen LogP contribution in [0.25, 0.3) is 0 Å². The second-order valence-electron chi connectivity index (χ2n) is 4.60. The topological polar surface area (TPSA) is 3.24 Å². The van der Waals surface area contributed by atoms with Gasteiger partial charge in [-0.1, -0.05) is 19.9 Å². The lowest BCUT2D eigenvalue weighted by Gasteiger charge is -2.34. The Morgan fingerprint density at radius 2 is 2.00 bits per heavy atom. The van der Waals surface area contributed by atoms with E-state index in [1.807, 2.05) is 6.07 Å². The Kier molecular flexibility index (Phi) is 3.59. The van der Waals surface area contributed by atoms with E-state index in [2.05, 4.69) is 18.7 Å². The Hall–Kier alpha value is -0.890. The third kappa shape index (κ3) is 2.27. The van der Waals surface area contributed by atoms with Crippen LogP contribution < -0.4 is 0 Å². The highest BCUT2D eigenvalue weighted by Crippen LogP contribution is 2.23. The SMILES string of the molecule is CCC(CC)N1CCc2ccc(F)cc2C1. The van der Waals surface area contributed by atoms with Crippen LogP contribution in [-0.2, 0) is 13.0 Å². The maximum Gasteiger partial charge on any atom is 0.123 e. The molecule has 1 nitrogen and oxygen atoms in total. The summed E-state index contributed by atoms with van der Waals surface area (Å²) in [7, 11) is 0. The van der Waals surface area contributed by atoms with Crippen LogP contribution in [0.5, 0.6) is 0 Å². The molecule has 1 aliphatic heterocycles. The molecule has 0 spiro atoms. The van der Waals surface area contributed by atoms with Crippen molar-refractivity contribution in [3.05, 3.63) is 35.1 Å². The second-order valence-corrected chi connectivity index (χ2v) is 4.60. The van der Waals surface area contributed by atoms with Crippen molar-refractivity contribution < 1.29 is 4.39 Å². The van der Waals surface area contributed by atoms with E-state index >= 15 is 0 Å². The van der Waals surface area contributed by atoms with Crippen LogP contribution in [0.4, 0.5) is 4.39 Å². The molecule has 0 atom stereocenters. The molecule has 0 radical (unpaired) electrons. The molecule has 0 unspecified atom stereocenters. The molecule has 0 saturated carbocycles. The minimum atomic E-state index is -0.106. The molecule has 1 aliphatic rings. The predicted molar refractivity (Wildman–Crippen MR) is 64.9 cm³/mol. The fraction of sp³-hybridized carbons (Fsp3) is 0.571. The first-order valence-corrected chi connectivity index (χ1v) is 6.26. The number of fused-ring (bicyclic) bond motifs is 1. The first-order valence-electron chi connectivity index (χ1n) is 6.26. The summed E-state index contributed by atoms with van der Waals surface area (Å²) >= 11 is 0. The quantitative estimate of drug-likeness (QED) is 0.756. The number of benzene rings is 1. The van der Waals surface area contributed by atoms with E-state index in [9.17, 15) is 4.39 Å². The number of nitrogens with zero attached hydrogens (tertiary/aromatic N) is 1. The van der Waals surface area contributed by atoms with Crippen molar-refractivity contribution in [2.45, 2.75) is 45.7 Å². The molecule has 0 saturated heterocycles. The molecule has 1 aromatic rings. The molecule has 0 fully saturated rings. The van der Waals surface area contributed by atoms with E-state index in [0.717, 1.165) is 19.5 Å². The normalized spacial score (nSPS) is 16.5. The van der Waals surface area contributed by atoms with E-state index < -0.39 is 0 Å². The molecule has 0 N–H and O–H groups in total. The Balaban J connectivity index is 2.16. The van der Waals surface area contributed by atoms with Gasteiger partial charge in [-0.15, -0.1) is 0 Å². The van der Waals surface area contributed by atoms with Crippen molar-refractivity contribution in [1.82, 2.24) is 4.90 Å². The van der Waals surface area contributed by atoms with Crippen molar-refractivity contribution in [1.29, 1.82) is 0 Å². The number of rotatable bonds is 3. The van der Waals surface area contributed by atoms with Crippen LogP contribution >= 0.6 is 0 Å². The molecule has 1 aromatic carbocycles. The van der Waals surface area contributed by atoms with Crippen molar-refractivity contribution >= 4 is 0 Å². The Morgan fingerprint density at radius 3 is 2.69 bits per heavy atom. The minimum absolute atomic E-state index is 0.106. The van der Waals surface area contributed by atoms with Gasteiger partial charge in [0, 0.05) is 19.1 Å². The summed E-state index contributed by atoms with van der Waals surface area (Å²) in [5.41, 5.74) is 2.50. The summed E-state index contributed by atoms with van der Waals surface area (Å²) < 4.78 is 13.2. The molecule has 0 aromatic heterocycles. The van der Waals surface area contributed by atoms with Crippen LogP contribution in [-0.4, -0.2) is 17.5 Å². The maximum atomic E-state index is 13.2. The molecular formula is C14H20FN. The molecule has 16 heavy (non-hydrogen) atoms. The van der Waals surface area contributed by atoms with Crippen molar-refractivity contribution in [2.24, 2.45) is 0 Å². The first-order chi connectivity index (χ1) is 7.74. The molecule has 88 valence electrons. The highest BCUT2D eigenvalue weighted by Gasteiger charge is 2.21. The summed E-state index contributed by atoms with van der Waals surface area (Å²) in [4.78, 5) is 2.49. The number of hydrogen-bond donors (Lipinski definition) is 0. The molecule has 2 rings (SSSR count). The fourth-order valence-electron chi connectivity index (χ4n) is 2.66. The largest absolute Gasteiger partial charge is 0.296 e. The van der Waals surface area contributed by atoms with E-state index in [-0.39, 0.29) is 5.82 Å². The Morgan fingerprint density at radius 1 is 1.25 bits per heavy atom. The average Bonchev–Trinajstić information content (AvgIpc) is 2.30. The van der Waals surface area contributed by atoms with Gasteiger partial charge >= 0.3 is 0 Å². The van der Waals surface area contributed by atoms with Crippen LogP contribution in [0.1, 0.15) is 37.8 Å². The van der Waals surface area contributed by atoms with Gasteiger partial charge in [0.1, 0.15) is 5.82 Å². The van der Waals surface area contributed by atoms with E-state index in [1.165, 1.54) is 24.0 Å². The lowest BCUT2D eigenvalue weighted by atomic mass is 9.97. The third-order valence-corrected chi connectivity index (χ3v) is 3.67. The number of hydrogen-bond acceptors (Lipinski definition) is 1. The summed E-state index contributed by atoms with van der Waals surface area (Å²) in [5.74, 6) is -0.106. The Bertz CT molecular complexity index is 358. The summed E-state index contributed by atoms with van der Waals surface area (Å²) in [6.07, 6.45) is 3.43. The summed E-state index contributed by atoms with van der Waals surface area (Å²) in [5, 5.41) is 0. The van der Waals surface area contributed by atoms with E-state index in [4.69, 9.17) is 0 Å². The lowest BCUT2D eigenvalue weighted by Crippen LogP contribution is -2.38. The van der Waals surface area contributed by atoms with Gasteiger partial charge in [-0.3, -0.25) is 4.90 Å². The highest BCUT2D eigenvalue weighted by molar-refractivity contribution is 5.30. The van der Waals surface area contributed by atoms with Crippen molar-refractivity contribution in [3.8, 4) is 0 Å². The standard InChI is InChI=1S/C14H20FN/c1-3-14(4-2)16-8-7-11-5-6-13(15)9-12(11)10-16/h5-6,9,14H,3-4,7-8,10H2,1-2H3. The van der Waals surface area contributed by atoms with E-state index in [0.29, 0.717) is 6.04 Å². The Labute approximate surface area is 97.3 Å². The van der Waals surface area contributed by atoms with Gasteiger partial charge in [0.25, 0.3) is 0 Å². The van der Waals surface area contributed by atoms with Crippen molar-refractivity contribution in [2.75, 3.05) is 6.54 Å². The summed E-state index contributed by atoms with van der Waals surface area (Å²) in [6, 6.07) is 5.86.